The Morgan fingerprint density at radius 3 is 2.73 bits per heavy atom. The molecule has 5 heteroatoms. The number of thioether (sulfide) groups is 1. The SMILES string of the molecule is C#CCn1cc(/C=C2\SC(=Nc3ccccc3)NC2=O)c2ccccc21. The molecule has 0 bridgehead atoms. The molecule has 1 saturated heterocycles. The zero-order valence-electron chi connectivity index (χ0n) is 13.8. The minimum Gasteiger partial charge on any atom is -0.335 e. The summed E-state index contributed by atoms with van der Waals surface area (Å²) >= 11 is 1.34. The van der Waals surface area contributed by atoms with Gasteiger partial charge in [0.2, 0.25) is 0 Å². The lowest BCUT2D eigenvalue weighted by Gasteiger charge is -1.97. The Morgan fingerprint density at radius 2 is 1.92 bits per heavy atom. The van der Waals surface area contributed by atoms with Crippen molar-refractivity contribution in [2.45, 2.75) is 6.54 Å². The van der Waals surface area contributed by atoms with E-state index in [9.17, 15) is 4.79 Å². The fourth-order valence-corrected chi connectivity index (χ4v) is 3.69. The molecule has 0 unspecified atom stereocenters. The summed E-state index contributed by atoms with van der Waals surface area (Å²) in [5.74, 6) is 2.52. The number of nitrogens with zero attached hydrogens (tertiary/aromatic N) is 2. The maximum atomic E-state index is 12.3. The Morgan fingerprint density at radius 1 is 1.15 bits per heavy atom. The Kier molecular flexibility index (Phi) is 4.34. The molecule has 1 amide bonds. The van der Waals surface area contributed by atoms with E-state index in [0.717, 1.165) is 22.2 Å². The number of carbonyl (C=O) groups is 1. The first-order valence-corrected chi connectivity index (χ1v) is 8.92. The van der Waals surface area contributed by atoms with Crippen LogP contribution < -0.4 is 5.32 Å². The van der Waals surface area contributed by atoms with Gasteiger partial charge in [-0.25, -0.2) is 4.99 Å². The first-order valence-electron chi connectivity index (χ1n) is 8.10. The largest absolute Gasteiger partial charge is 0.335 e. The Balaban J connectivity index is 1.69. The lowest BCUT2D eigenvalue weighted by Crippen LogP contribution is -2.19. The lowest BCUT2D eigenvalue weighted by atomic mass is 10.1. The average Bonchev–Trinajstić information content (AvgIpc) is 3.17. The summed E-state index contributed by atoms with van der Waals surface area (Å²) in [6.45, 7) is 0.490. The number of hydrogen-bond acceptors (Lipinski definition) is 3. The van der Waals surface area contributed by atoms with Crippen LogP contribution in [0.3, 0.4) is 0 Å². The van der Waals surface area contributed by atoms with Gasteiger partial charge in [0.05, 0.1) is 17.1 Å². The molecule has 3 aromatic rings. The van der Waals surface area contributed by atoms with E-state index in [4.69, 9.17) is 6.42 Å². The van der Waals surface area contributed by atoms with E-state index in [0.29, 0.717) is 16.6 Å². The molecule has 26 heavy (non-hydrogen) atoms. The van der Waals surface area contributed by atoms with Crippen molar-refractivity contribution in [1.82, 2.24) is 9.88 Å². The third kappa shape index (κ3) is 3.15. The van der Waals surface area contributed by atoms with Crippen molar-refractivity contribution < 1.29 is 4.79 Å². The lowest BCUT2D eigenvalue weighted by molar-refractivity contribution is -0.115. The number of aromatic nitrogens is 1. The van der Waals surface area contributed by atoms with E-state index in [-0.39, 0.29) is 5.91 Å². The second kappa shape index (κ2) is 6.95. The second-order valence-corrected chi connectivity index (χ2v) is 6.78. The number of rotatable bonds is 3. The van der Waals surface area contributed by atoms with Crippen LogP contribution in [0.4, 0.5) is 5.69 Å². The molecule has 1 fully saturated rings. The number of nitrogens with one attached hydrogen (secondary N) is 1. The Hall–Kier alpha value is -3.23. The van der Waals surface area contributed by atoms with Gasteiger partial charge in [0.1, 0.15) is 0 Å². The van der Waals surface area contributed by atoms with E-state index in [1.807, 2.05) is 71.4 Å². The molecule has 0 radical (unpaired) electrons. The minimum absolute atomic E-state index is 0.140. The highest BCUT2D eigenvalue weighted by Crippen LogP contribution is 2.30. The van der Waals surface area contributed by atoms with Gasteiger partial charge in [0.25, 0.3) is 5.91 Å². The fourth-order valence-electron chi connectivity index (χ4n) is 2.86. The molecule has 2 heterocycles. The molecule has 4 nitrogen and oxygen atoms in total. The molecule has 4 rings (SSSR count). The summed E-state index contributed by atoms with van der Waals surface area (Å²) in [5, 5.41) is 4.47. The highest BCUT2D eigenvalue weighted by atomic mass is 32.2. The Bertz CT molecular complexity index is 1090. The van der Waals surface area contributed by atoms with Crippen molar-refractivity contribution in [3.8, 4) is 12.3 Å². The van der Waals surface area contributed by atoms with E-state index in [1.165, 1.54) is 11.8 Å². The van der Waals surface area contributed by atoms with Crippen molar-refractivity contribution in [2.75, 3.05) is 0 Å². The molecular formula is C21H15N3OS. The van der Waals surface area contributed by atoms with E-state index < -0.39 is 0 Å². The number of amides is 1. The molecule has 1 aromatic heterocycles. The molecule has 0 spiro atoms. The predicted molar refractivity (Wildman–Crippen MR) is 108 cm³/mol. The van der Waals surface area contributed by atoms with Crippen LogP contribution in [0.25, 0.3) is 17.0 Å². The van der Waals surface area contributed by atoms with Crippen LogP contribution in [-0.2, 0) is 11.3 Å². The molecule has 2 aromatic carbocycles. The van der Waals surface area contributed by atoms with Gasteiger partial charge in [0.15, 0.2) is 5.17 Å². The summed E-state index contributed by atoms with van der Waals surface area (Å²) in [6.07, 6.45) is 9.34. The van der Waals surface area contributed by atoms with Crippen molar-refractivity contribution >= 4 is 45.5 Å². The summed E-state index contributed by atoms with van der Waals surface area (Å²) in [7, 11) is 0. The van der Waals surface area contributed by atoms with Crippen LogP contribution in [0.2, 0.25) is 0 Å². The molecule has 1 aliphatic rings. The van der Waals surface area contributed by atoms with Crippen LogP contribution in [0.5, 0.6) is 0 Å². The number of amidine groups is 1. The maximum absolute atomic E-state index is 12.3. The third-order valence-corrected chi connectivity index (χ3v) is 4.92. The number of aliphatic imine (C=N–C) groups is 1. The summed E-state index contributed by atoms with van der Waals surface area (Å²) in [6, 6.07) is 17.6. The van der Waals surface area contributed by atoms with Crippen LogP contribution in [0.1, 0.15) is 5.56 Å². The maximum Gasteiger partial charge on any atom is 0.264 e. The van der Waals surface area contributed by atoms with Crippen LogP contribution in [0, 0.1) is 12.3 Å². The standard InChI is InChI=1S/C21H15N3OS/c1-2-12-24-14-15(17-10-6-7-11-18(17)24)13-19-20(25)23-21(26-19)22-16-8-4-3-5-9-16/h1,3-11,13-14H,12H2,(H,22,23,25)/b19-13-. The van der Waals surface area contributed by atoms with Gasteiger partial charge < -0.3 is 9.88 Å². The summed E-state index contributed by atoms with van der Waals surface area (Å²) in [4.78, 5) is 17.4. The third-order valence-electron chi connectivity index (χ3n) is 4.01. The first kappa shape index (κ1) is 16.2. The topological polar surface area (TPSA) is 46.4 Å². The monoisotopic (exact) mass is 357 g/mol. The van der Waals surface area contributed by atoms with E-state index in [2.05, 4.69) is 16.2 Å². The molecule has 1 aliphatic heterocycles. The number of benzene rings is 2. The smallest absolute Gasteiger partial charge is 0.264 e. The van der Waals surface area contributed by atoms with Crippen LogP contribution >= 0.6 is 11.8 Å². The first-order chi connectivity index (χ1) is 12.7. The fraction of sp³-hybridized carbons (Fsp3) is 0.0476. The van der Waals surface area contributed by atoms with Gasteiger partial charge in [-0.1, -0.05) is 42.3 Å². The number of terminal acetylenes is 1. The van der Waals surface area contributed by atoms with Crippen molar-refractivity contribution in [1.29, 1.82) is 0 Å². The zero-order valence-corrected chi connectivity index (χ0v) is 14.7. The van der Waals surface area contributed by atoms with Crippen LogP contribution in [0.15, 0.2) is 70.7 Å². The van der Waals surface area contributed by atoms with Gasteiger partial charge in [-0.2, -0.15) is 0 Å². The second-order valence-electron chi connectivity index (χ2n) is 5.75. The Labute approximate surface area is 155 Å². The average molecular weight is 357 g/mol. The highest BCUT2D eigenvalue weighted by molar-refractivity contribution is 8.18. The summed E-state index contributed by atoms with van der Waals surface area (Å²) < 4.78 is 2.01. The van der Waals surface area contributed by atoms with Crippen molar-refractivity contribution in [2.24, 2.45) is 4.99 Å². The van der Waals surface area contributed by atoms with Crippen molar-refractivity contribution in [3.05, 3.63) is 71.3 Å². The van der Waals surface area contributed by atoms with E-state index in [1.54, 1.807) is 0 Å². The highest BCUT2D eigenvalue weighted by Gasteiger charge is 2.24. The molecule has 126 valence electrons. The number of carbonyl (C=O) groups excluding carboxylic acids is 1. The van der Waals surface area contributed by atoms with Gasteiger partial charge in [0, 0.05) is 22.7 Å². The zero-order chi connectivity index (χ0) is 17.9. The molecule has 0 saturated carbocycles. The molecular weight excluding hydrogens is 342 g/mol. The van der Waals surface area contributed by atoms with Gasteiger partial charge in [-0.3, -0.25) is 4.79 Å². The summed E-state index contributed by atoms with van der Waals surface area (Å²) in [5.41, 5.74) is 2.83. The molecule has 1 N–H and O–H groups in total. The van der Waals surface area contributed by atoms with Gasteiger partial charge in [-0.15, -0.1) is 6.42 Å². The number of fused-ring (bicyclic) bond motifs is 1. The van der Waals surface area contributed by atoms with Crippen LogP contribution in [-0.4, -0.2) is 15.6 Å². The molecule has 0 atom stereocenters. The van der Waals surface area contributed by atoms with Gasteiger partial charge in [-0.05, 0) is 36.0 Å². The normalized spacial score (nSPS) is 17.0. The minimum atomic E-state index is -0.140. The van der Waals surface area contributed by atoms with Crippen molar-refractivity contribution in [3.63, 3.8) is 0 Å². The predicted octanol–water partition coefficient (Wildman–Crippen LogP) is 4.17. The van der Waals surface area contributed by atoms with E-state index >= 15 is 0 Å². The number of para-hydroxylation sites is 2. The number of hydrogen-bond donors (Lipinski definition) is 1. The quantitative estimate of drug-likeness (QED) is 0.565. The van der Waals surface area contributed by atoms with Gasteiger partial charge >= 0.3 is 0 Å². The molecule has 0 aliphatic carbocycles.